The highest BCUT2D eigenvalue weighted by atomic mass is 15.2. The van der Waals surface area contributed by atoms with Crippen molar-refractivity contribution in [1.82, 2.24) is 10.2 Å². The van der Waals surface area contributed by atoms with Crippen molar-refractivity contribution < 1.29 is 0 Å². The van der Waals surface area contributed by atoms with Crippen LogP contribution in [0.3, 0.4) is 0 Å². The van der Waals surface area contributed by atoms with E-state index in [9.17, 15) is 0 Å². The summed E-state index contributed by atoms with van der Waals surface area (Å²) >= 11 is 0. The van der Waals surface area contributed by atoms with Gasteiger partial charge in [-0.25, -0.2) is 0 Å². The topological polar surface area (TPSA) is 15.3 Å². The third-order valence-corrected chi connectivity index (χ3v) is 4.15. The number of benzene rings is 1. The molecule has 1 aliphatic heterocycles. The fourth-order valence-corrected chi connectivity index (χ4v) is 2.77. The number of piperazine rings is 1. The van der Waals surface area contributed by atoms with Crippen LogP contribution in [-0.2, 0) is 12.0 Å². The van der Waals surface area contributed by atoms with Gasteiger partial charge in [0.1, 0.15) is 0 Å². The monoisotopic (exact) mass is 260 g/mol. The van der Waals surface area contributed by atoms with Crippen LogP contribution in [0.15, 0.2) is 12.1 Å². The summed E-state index contributed by atoms with van der Waals surface area (Å²) in [7, 11) is 0. The van der Waals surface area contributed by atoms with E-state index in [2.05, 4.69) is 57.0 Å². The Morgan fingerprint density at radius 3 is 2.05 bits per heavy atom. The zero-order valence-electron chi connectivity index (χ0n) is 13.1. The molecule has 106 valence electrons. The van der Waals surface area contributed by atoms with E-state index in [1.165, 1.54) is 35.3 Å². The van der Waals surface area contributed by atoms with Crippen molar-refractivity contribution in [1.29, 1.82) is 0 Å². The maximum atomic E-state index is 3.42. The van der Waals surface area contributed by atoms with E-state index in [4.69, 9.17) is 0 Å². The smallest absolute Gasteiger partial charge is 0.0240 e. The Morgan fingerprint density at radius 1 is 1.05 bits per heavy atom. The lowest BCUT2D eigenvalue weighted by Gasteiger charge is -2.29. The van der Waals surface area contributed by atoms with Crippen molar-refractivity contribution in [2.75, 3.05) is 26.2 Å². The van der Waals surface area contributed by atoms with E-state index in [0.29, 0.717) is 0 Å². The van der Waals surface area contributed by atoms with Gasteiger partial charge in [-0.05, 0) is 41.5 Å². The van der Waals surface area contributed by atoms with Crippen molar-refractivity contribution in [2.24, 2.45) is 0 Å². The molecule has 1 aromatic rings. The van der Waals surface area contributed by atoms with Crippen LogP contribution in [0.1, 0.15) is 43.0 Å². The minimum atomic E-state index is 0.239. The van der Waals surface area contributed by atoms with E-state index in [-0.39, 0.29) is 5.41 Å². The first-order valence-corrected chi connectivity index (χ1v) is 7.41. The number of nitrogens with one attached hydrogen (secondary N) is 1. The number of hydrogen-bond donors (Lipinski definition) is 1. The standard InChI is InChI=1S/C17H28N2/c1-13-10-15(17(3,4)5)11-14(2)16(13)12-19-8-6-18-7-9-19/h10-11,18H,6-9,12H2,1-5H3. The molecule has 0 spiro atoms. The molecule has 1 fully saturated rings. The van der Waals surface area contributed by atoms with Gasteiger partial charge in [0.2, 0.25) is 0 Å². The molecule has 1 N–H and O–H groups in total. The lowest BCUT2D eigenvalue weighted by Crippen LogP contribution is -2.43. The largest absolute Gasteiger partial charge is 0.314 e. The zero-order valence-corrected chi connectivity index (χ0v) is 13.1. The average Bonchev–Trinajstić information content (AvgIpc) is 2.33. The summed E-state index contributed by atoms with van der Waals surface area (Å²) in [5, 5.41) is 3.42. The van der Waals surface area contributed by atoms with Gasteiger partial charge in [-0.1, -0.05) is 32.9 Å². The fourth-order valence-electron chi connectivity index (χ4n) is 2.77. The molecule has 2 heteroatoms. The van der Waals surface area contributed by atoms with Crippen LogP contribution in [0.2, 0.25) is 0 Å². The number of nitrogens with zero attached hydrogens (tertiary/aromatic N) is 1. The van der Waals surface area contributed by atoms with Crippen LogP contribution in [0.4, 0.5) is 0 Å². The van der Waals surface area contributed by atoms with Crippen molar-refractivity contribution in [3.63, 3.8) is 0 Å². The highest BCUT2D eigenvalue weighted by Gasteiger charge is 2.18. The molecule has 1 aliphatic rings. The Hall–Kier alpha value is -0.860. The molecule has 0 saturated carbocycles. The second-order valence-corrected chi connectivity index (χ2v) is 6.86. The number of hydrogen-bond acceptors (Lipinski definition) is 2. The van der Waals surface area contributed by atoms with Crippen LogP contribution in [0, 0.1) is 13.8 Å². The lowest BCUT2D eigenvalue weighted by atomic mass is 9.83. The second-order valence-electron chi connectivity index (χ2n) is 6.86. The second kappa shape index (κ2) is 5.64. The minimum Gasteiger partial charge on any atom is -0.314 e. The quantitative estimate of drug-likeness (QED) is 0.879. The summed E-state index contributed by atoms with van der Waals surface area (Å²) in [6, 6.07) is 4.76. The van der Waals surface area contributed by atoms with Gasteiger partial charge in [0.05, 0.1) is 0 Å². The van der Waals surface area contributed by atoms with Crippen molar-refractivity contribution in [2.45, 2.75) is 46.6 Å². The van der Waals surface area contributed by atoms with E-state index in [0.717, 1.165) is 19.6 Å². The van der Waals surface area contributed by atoms with Gasteiger partial charge in [-0.2, -0.15) is 0 Å². The molecule has 0 aromatic heterocycles. The maximum absolute atomic E-state index is 3.42. The van der Waals surface area contributed by atoms with Crippen LogP contribution in [0.25, 0.3) is 0 Å². The van der Waals surface area contributed by atoms with E-state index >= 15 is 0 Å². The predicted molar refractivity (Wildman–Crippen MR) is 82.8 cm³/mol. The number of rotatable bonds is 2. The van der Waals surface area contributed by atoms with Gasteiger partial charge in [-0.3, -0.25) is 4.90 Å². The van der Waals surface area contributed by atoms with Gasteiger partial charge >= 0.3 is 0 Å². The molecule has 2 rings (SSSR count). The Balaban J connectivity index is 2.21. The van der Waals surface area contributed by atoms with Crippen LogP contribution in [0.5, 0.6) is 0 Å². The maximum Gasteiger partial charge on any atom is 0.0240 e. The van der Waals surface area contributed by atoms with Crippen LogP contribution >= 0.6 is 0 Å². The molecule has 1 saturated heterocycles. The van der Waals surface area contributed by atoms with E-state index in [1.807, 2.05) is 0 Å². The first-order valence-electron chi connectivity index (χ1n) is 7.41. The fraction of sp³-hybridized carbons (Fsp3) is 0.647. The summed E-state index contributed by atoms with van der Waals surface area (Å²) in [5.74, 6) is 0. The Bertz CT molecular complexity index is 414. The Labute approximate surface area is 118 Å². The van der Waals surface area contributed by atoms with E-state index in [1.54, 1.807) is 0 Å². The summed E-state index contributed by atoms with van der Waals surface area (Å²) < 4.78 is 0. The van der Waals surface area contributed by atoms with Gasteiger partial charge < -0.3 is 5.32 Å². The van der Waals surface area contributed by atoms with Crippen molar-refractivity contribution in [3.05, 3.63) is 34.4 Å². The molecule has 0 bridgehead atoms. The van der Waals surface area contributed by atoms with E-state index < -0.39 is 0 Å². The minimum absolute atomic E-state index is 0.239. The molecule has 0 atom stereocenters. The SMILES string of the molecule is Cc1cc(C(C)(C)C)cc(C)c1CN1CCNCC1. The lowest BCUT2D eigenvalue weighted by molar-refractivity contribution is 0.232. The Kier molecular flexibility index (Phi) is 4.32. The third kappa shape index (κ3) is 3.58. The van der Waals surface area contributed by atoms with Gasteiger partial charge in [0, 0.05) is 32.7 Å². The highest BCUT2D eigenvalue weighted by Crippen LogP contribution is 2.27. The summed E-state index contributed by atoms with van der Waals surface area (Å²) in [6.07, 6.45) is 0. The zero-order chi connectivity index (χ0) is 14.0. The van der Waals surface area contributed by atoms with Crippen LogP contribution < -0.4 is 5.32 Å². The van der Waals surface area contributed by atoms with Crippen molar-refractivity contribution >= 4 is 0 Å². The first-order chi connectivity index (χ1) is 8.88. The molecular formula is C17H28N2. The summed E-state index contributed by atoms with van der Waals surface area (Å²) in [5.41, 5.74) is 6.11. The summed E-state index contributed by atoms with van der Waals surface area (Å²) in [4.78, 5) is 2.56. The summed E-state index contributed by atoms with van der Waals surface area (Å²) in [6.45, 7) is 17.1. The van der Waals surface area contributed by atoms with Crippen LogP contribution in [-0.4, -0.2) is 31.1 Å². The molecule has 0 aliphatic carbocycles. The van der Waals surface area contributed by atoms with Gasteiger partial charge in [0.25, 0.3) is 0 Å². The Morgan fingerprint density at radius 2 is 1.58 bits per heavy atom. The molecular weight excluding hydrogens is 232 g/mol. The molecule has 2 nitrogen and oxygen atoms in total. The molecule has 1 aromatic carbocycles. The number of aryl methyl sites for hydroxylation is 2. The van der Waals surface area contributed by atoms with Gasteiger partial charge in [0.15, 0.2) is 0 Å². The first kappa shape index (κ1) is 14.5. The van der Waals surface area contributed by atoms with Gasteiger partial charge in [-0.15, -0.1) is 0 Å². The third-order valence-electron chi connectivity index (χ3n) is 4.15. The van der Waals surface area contributed by atoms with Crippen molar-refractivity contribution in [3.8, 4) is 0 Å². The average molecular weight is 260 g/mol. The normalized spacial score (nSPS) is 17.7. The molecule has 0 unspecified atom stereocenters. The molecule has 0 radical (unpaired) electrons. The molecule has 0 amide bonds. The molecule has 19 heavy (non-hydrogen) atoms. The molecule has 1 heterocycles. The predicted octanol–water partition coefficient (Wildman–Crippen LogP) is 3.01. The highest BCUT2D eigenvalue weighted by molar-refractivity contribution is 5.40.